The van der Waals surface area contributed by atoms with Gasteiger partial charge in [0.25, 0.3) is 0 Å². The Kier molecular flexibility index (Phi) is 4.46. The summed E-state index contributed by atoms with van der Waals surface area (Å²) in [5.74, 6) is 0.503. The highest BCUT2D eigenvalue weighted by Crippen LogP contribution is 2.20. The molecule has 5 heteroatoms. The number of aryl methyl sites for hydroxylation is 1. The van der Waals surface area contributed by atoms with Gasteiger partial charge in [-0.2, -0.15) is 0 Å². The summed E-state index contributed by atoms with van der Waals surface area (Å²) >= 11 is 0. The van der Waals surface area contributed by atoms with Gasteiger partial charge in [0.05, 0.1) is 12.7 Å². The molecule has 0 bridgehead atoms. The number of benzene rings is 1. The predicted molar refractivity (Wildman–Crippen MR) is 91.2 cm³/mol. The Labute approximate surface area is 136 Å². The first-order valence-corrected chi connectivity index (χ1v) is 7.78. The van der Waals surface area contributed by atoms with E-state index in [1.165, 1.54) is 18.4 Å². The molecule has 1 aromatic carbocycles. The molecule has 23 heavy (non-hydrogen) atoms. The Balaban J connectivity index is 1.67. The number of hydrogen-bond donors (Lipinski definition) is 0. The lowest BCUT2D eigenvalue weighted by atomic mass is 10.2. The topological polar surface area (TPSA) is 45.7 Å². The number of methoxy groups -OCH3 is 1. The van der Waals surface area contributed by atoms with Crippen LogP contribution in [0.4, 0.5) is 11.5 Å². The minimum Gasteiger partial charge on any atom is -0.465 e. The molecule has 2 heterocycles. The molecule has 0 N–H and O–H groups in total. The lowest BCUT2D eigenvalue weighted by Gasteiger charge is -2.36. The van der Waals surface area contributed by atoms with Crippen molar-refractivity contribution in [1.29, 1.82) is 0 Å². The number of esters is 1. The molecular weight excluding hydrogens is 290 g/mol. The Bertz CT molecular complexity index is 677. The number of piperazine rings is 1. The van der Waals surface area contributed by atoms with Crippen LogP contribution in [0.2, 0.25) is 0 Å². The van der Waals surface area contributed by atoms with Crippen LogP contribution in [0.25, 0.3) is 0 Å². The largest absolute Gasteiger partial charge is 0.465 e. The summed E-state index contributed by atoms with van der Waals surface area (Å²) < 4.78 is 4.77. The van der Waals surface area contributed by atoms with Crippen molar-refractivity contribution in [3.8, 4) is 0 Å². The van der Waals surface area contributed by atoms with Crippen molar-refractivity contribution in [2.75, 3.05) is 43.1 Å². The number of hydrogen-bond acceptors (Lipinski definition) is 5. The first kappa shape index (κ1) is 15.3. The highest BCUT2D eigenvalue weighted by atomic mass is 16.5. The Morgan fingerprint density at radius 2 is 1.70 bits per heavy atom. The molecule has 1 fully saturated rings. The van der Waals surface area contributed by atoms with Gasteiger partial charge in [0.1, 0.15) is 5.82 Å². The molecule has 2 aromatic rings. The SMILES string of the molecule is COC(=O)c1ccnc(N2CCN(c3ccc(C)cc3)CC2)c1. The molecule has 3 rings (SSSR count). The molecule has 0 spiro atoms. The lowest BCUT2D eigenvalue weighted by Crippen LogP contribution is -2.46. The summed E-state index contributed by atoms with van der Waals surface area (Å²) in [6.45, 7) is 5.74. The standard InChI is InChI=1S/C18H21N3O2/c1-14-3-5-16(6-4-14)20-9-11-21(12-10-20)17-13-15(7-8-19-17)18(22)23-2/h3-8,13H,9-12H2,1-2H3. The van der Waals surface area contributed by atoms with Crippen LogP contribution in [0.15, 0.2) is 42.6 Å². The van der Waals surface area contributed by atoms with Crippen LogP contribution in [0.5, 0.6) is 0 Å². The summed E-state index contributed by atoms with van der Waals surface area (Å²) in [5, 5.41) is 0. The third-order valence-electron chi connectivity index (χ3n) is 4.17. The number of anilines is 2. The fraction of sp³-hybridized carbons (Fsp3) is 0.333. The van der Waals surface area contributed by atoms with Crippen LogP contribution in [-0.4, -0.2) is 44.2 Å². The highest BCUT2D eigenvalue weighted by molar-refractivity contribution is 5.90. The monoisotopic (exact) mass is 311 g/mol. The molecule has 120 valence electrons. The molecular formula is C18H21N3O2. The fourth-order valence-electron chi connectivity index (χ4n) is 2.79. The molecule has 0 unspecified atom stereocenters. The van der Waals surface area contributed by atoms with Gasteiger partial charge in [0.15, 0.2) is 0 Å². The third-order valence-corrected chi connectivity index (χ3v) is 4.17. The van der Waals surface area contributed by atoms with Gasteiger partial charge in [-0.25, -0.2) is 9.78 Å². The van der Waals surface area contributed by atoms with Crippen molar-refractivity contribution in [2.45, 2.75) is 6.92 Å². The van der Waals surface area contributed by atoms with Crippen LogP contribution in [0.3, 0.4) is 0 Å². The molecule has 0 aliphatic carbocycles. The number of rotatable bonds is 3. The Morgan fingerprint density at radius 1 is 1.04 bits per heavy atom. The van der Waals surface area contributed by atoms with Crippen molar-refractivity contribution < 1.29 is 9.53 Å². The number of carbonyl (C=O) groups is 1. The number of pyridine rings is 1. The van der Waals surface area contributed by atoms with Crippen molar-refractivity contribution in [2.24, 2.45) is 0 Å². The van der Waals surface area contributed by atoms with E-state index >= 15 is 0 Å². The first-order chi connectivity index (χ1) is 11.2. The smallest absolute Gasteiger partial charge is 0.338 e. The number of nitrogens with zero attached hydrogens (tertiary/aromatic N) is 3. The lowest BCUT2D eigenvalue weighted by molar-refractivity contribution is 0.0600. The average molecular weight is 311 g/mol. The van der Waals surface area contributed by atoms with Crippen molar-refractivity contribution in [3.05, 3.63) is 53.7 Å². The maximum atomic E-state index is 11.6. The summed E-state index contributed by atoms with van der Waals surface area (Å²) in [5.41, 5.74) is 3.07. The van der Waals surface area contributed by atoms with E-state index in [4.69, 9.17) is 4.74 Å². The molecule has 0 atom stereocenters. The van der Waals surface area contributed by atoms with E-state index in [1.54, 1.807) is 18.3 Å². The van der Waals surface area contributed by atoms with Crippen LogP contribution < -0.4 is 9.80 Å². The van der Waals surface area contributed by atoms with Gasteiger partial charge in [0, 0.05) is 38.1 Å². The van der Waals surface area contributed by atoms with Crippen LogP contribution in [0, 0.1) is 6.92 Å². The van der Waals surface area contributed by atoms with Crippen LogP contribution >= 0.6 is 0 Å². The van der Waals surface area contributed by atoms with Gasteiger partial charge in [0.2, 0.25) is 0 Å². The molecule has 1 aromatic heterocycles. The maximum absolute atomic E-state index is 11.6. The number of aromatic nitrogens is 1. The predicted octanol–water partition coefficient (Wildman–Crippen LogP) is 2.50. The number of ether oxygens (including phenoxy) is 1. The van der Waals surface area contributed by atoms with Gasteiger partial charge in [-0.3, -0.25) is 0 Å². The average Bonchev–Trinajstić information content (AvgIpc) is 2.62. The van der Waals surface area contributed by atoms with Gasteiger partial charge >= 0.3 is 5.97 Å². The van der Waals surface area contributed by atoms with E-state index in [0.29, 0.717) is 5.56 Å². The van der Waals surface area contributed by atoms with Gasteiger partial charge in [-0.05, 0) is 31.2 Å². The quantitative estimate of drug-likeness (QED) is 0.815. The molecule has 0 amide bonds. The van der Waals surface area contributed by atoms with Crippen molar-refractivity contribution in [1.82, 2.24) is 4.98 Å². The second-order valence-corrected chi connectivity index (χ2v) is 5.70. The van der Waals surface area contributed by atoms with Crippen LogP contribution in [-0.2, 0) is 4.74 Å². The zero-order valence-electron chi connectivity index (χ0n) is 13.5. The summed E-state index contributed by atoms with van der Waals surface area (Å²) in [6.07, 6.45) is 1.66. The highest BCUT2D eigenvalue weighted by Gasteiger charge is 2.19. The van der Waals surface area contributed by atoms with Crippen molar-refractivity contribution in [3.63, 3.8) is 0 Å². The van der Waals surface area contributed by atoms with E-state index in [-0.39, 0.29) is 5.97 Å². The fourth-order valence-corrected chi connectivity index (χ4v) is 2.79. The van der Waals surface area contributed by atoms with Crippen molar-refractivity contribution >= 4 is 17.5 Å². The zero-order valence-corrected chi connectivity index (χ0v) is 13.5. The van der Waals surface area contributed by atoms with Crippen LogP contribution in [0.1, 0.15) is 15.9 Å². The van der Waals surface area contributed by atoms with E-state index in [1.807, 2.05) is 0 Å². The third kappa shape index (κ3) is 3.44. The van der Waals surface area contributed by atoms with E-state index in [2.05, 4.69) is 46.0 Å². The second-order valence-electron chi connectivity index (χ2n) is 5.70. The minimum absolute atomic E-state index is 0.327. The molecule has 1 saturated heterocycles. The molecule has 0 saturated carbocycles. The molecule has 0 radical (unpaired) electrons. The minimum atomic E-state index is -0.327. The summed E-state index contributed by atoms with van der Waals surface area (Å²) in [7, 11) is 1.39. The summed E-state index contributed by atoms with van der Waals surface area (Å²) in [4.78, 5) is 20.6. The Morgan fingerprint density at radius 3 is 2.35 bits per heavy atom. The molecule has 5 nitrogen and oxygen atoms in total. The molecule has 1 aliphatic rings. The molecule has 1 aliphatic heterocycles. The van der Waals surface area contributed by atoms with E-state index in [9.17, 15) is 4.79 Å². The van der Waals surface area contributed by atoms with Gasteiger partial charge in [-0.1, -0.05) is 17.7 Å². The normalized spacial score (nSPS) is 14.7. The van der Waals surface area contributed by atoms with Gasteiger partial charge in [-0.15, -0.1) is 0 Å². The first-order valence-electron chi connectivity index (χ1n) is 7.78. The zero-order chi connectivity index (χ0) is 16.2. The summed E-state index contributed by atoms with van der Waals surface area (Å²) in [6, 6.07) is 12.1. The second kappa shape index (κ2) is 6.69. The van der Waals surface area contributed by atoms with Gasteiger partial charge < -0.3 is 14.5 Å². The number of carbonyl (C=O) groups excluding carboxylic acids is 1. The van der Waals surface area contributed by atoms with E-state index in [0.717, 1.165) is 32.0 Å². The Hall–Kier alpha value is -2.56. The maximum Gasteiger partial charge on any atom is 0.338 e. The van der Waals surface area contributed by atoms with E-state index < -0.39 is 0 Å².